The smallest absolute Gasteiger partial charge is 0.382 e. The number of methoxy groups -OCH3 is 1. The fraction of sp³-hybridized carbons (Fsp3) is 0.615. The van der Waals surface area contributed by atoms with Crippen molar-refractivity contribution in [2.45, 2.75) is 24.0 Å². The summed E-state index contributed by atoms with van der Waals surface area (Å²) in [5, 5.41) is 2.56. The Bertz CT molecular complexity index is 680. The van der Waals surface area contributed by atoms with E-state index in [-0.39, 0.29) is 18.8 Å². The maximum Gasteiger partial charge on any atom is 0.403 e. The minimum atomic E-state index is -4.01. The zero-order valence-corrected chi connectivity index (χ0v) is 13.6. The van der Waals surface area contributed by atoms with Gasteiger partial charge in [0.25, 0.3) is 5.56 Å². The Hall–Kier alpha value is -1.06. The molecular weight excluding hydrogens is 327 g/mol. The van der Waals surface area contributed by atoms with Gasteiger partial charge in [-0.2, -0.15) is 0 Å². The molecule has 9 nitrogen and oxygen atoms in total. The van der Waals surface area contributed by atoms with Crippen molar-refractivity contribution in [3.8, 4) is 0 Å². The van der Waals surface area contributed by atoms with Gasteiger partial charge in [-0.3, -0.25) is 9.36 Å². The highest BCUT2D eigenvalue weighted by Gasteiger charge is 2.63. The van der Waals surface area contributed by atoms with Crippen molar-refractivity contribution >= 4 is 7.75 Å². The van der Waals surface area contributed by atoms with E-state index in [1.807, 2.05) is 0 Å². The number of nitrogens with one attached hydrogen (secondary N) is 1. The van der Waals surface area contributed by atoms with Gasteiger partial charge in [-0.25, -0.2) is 9.65 Å². The molecule has 2 saturated heterocycles. The minimum absolute atomic E-state index is 0.142. The lowest BCUT2D eigenvalue weighted by Crippen LogP contribution is -2.50. The number of nitrogens with zero attached hydrogens (tertiary/aromatic N) is 1. The molecule has 1 unspecified atom stereocenters. The summed E-state index contributed by atoms with van der Waals surface area (Å²) in [6.07, 6.45) is 0.242. The number of ether oxygens (including phenoxy) is 3. The fourth-order valence-electron chi connectivity index (χ4n) is 3.08. The summed E-state index contributed by atoms with van der Waals surface area (Å²) in [5.74, 6) is 0. The monoisotopic (exact) mass is 346 g/mol. The molecule has 0 aromatic carbocycles. The maximum absolute atomic E-state index is 12.0. The predicted molar refractivity (Wildman–Crippen MR) is 78.9 cm³/mol. The van der Waals surface area contributed by atoms with Crippen LogP contribution in [-0.2, 0) is 23.3 Å². The second-order valence-electron chi connectivity index (χ2n) is 5.54. The van der Waals surface area contributed by atoms with Crippen LogP contribution in [0.5, 0.6) is 0 Å². The van der Waals surface area contributed by atoms with Crippen LogP contribution in [0, 0.1) is 0 Å². The van der Waals surface area contributed by atoms with E-state index in [2.05, 4.69) is 9.61 Å². The average Bonchev–Trinajstić information content (AvgIpc) is 2.99. The Labute approximate surface area is 132 Å². The number of pyridine rings is 1. The topological polar surface area (TPSA) is 108 Å². The van der Waals surface area contributed by atoms with Crippen LogP contribution < -0.4 is 10.6 Å². The molecule has 2 aliphatic rings. The third-order valence-corrected chi connectivity index (χ3v) is 5.21. The normalized spacial score (nSPS) is 35.3. The summed E-state index contributed by atoms with van der Waals surface area (Å²) in [5.41, 5.74) is -1.23. The predicted octanol–water partition coefficient (Wildman–Crippen LogP) is -0.134. The van der Waals surface area contributed by atoms with E-state index in [1.54, 1.807) is 18.3 Å². The molecule has 0 aliphatic carbocycles. The molecule has 3 heterocycles. The number of fused-ring (bicyclic) bond motifs is 2. The molecule has 1 aromatic rings. The molecule has 5 atom stereocenters. The fourth-order valence-corrected chi connectivity index (χ4v) is 3.92. The zero-order valence-electron chi connectivity index (χ0n) is 12.7. The lowest BCUT2D eigenvalue weighted by molar-refractivity contribution is -0.188. The van der Waals surface area contributed by atoms with Crippen molar-refractivity contribution in [3.63, 3.8) is 0 Å². The third kappa shape index (κ3) is 2.89. The first kappa shape index (κ1) is 16.8. The van der Waals surface area contributed by atoms with Gasteiger partial charge in [0, 0.05) is 26.5 Å². The standard InChI is InChI=1S/C13H19N2O7P/c1-19-7-13-8-21-10(11(13)14-23(17,18)20-2)12(22-13)15-6-4-3-5-9(15)16/h3-6,10-12H,7-8H2,1-2H3,(H2,14,17,18)/t10-,11+,12-,13+/m1/s1. The number of hydrogen-bond acceptors (Lipinski definition) is 6. The first-order valence-corrected chi connectivity index (χ1v) is 8.62. The number of hydrogen-bond donors (Lipinski definition) is 2. The highest BCUT2D eigenvalue weighted by molar-refractivity contribution is 7.50. The van der Waals surface area contributed by atoms with Crippen LogP contribution in [0.4, 0.5) is 0 Å². The molecular formula is C13H19N2O7P. The summed E-state index contributed by atoms with van der Waals surface area (Å²) < 4.78 is 34.8. The average molecular weight is 346 g/mol. The van der Waals surface area contributed by atoms with Gasteiger partial charge in [-0.1, -0.05) is 6.07 Å². The SMILES string of the molecule is COC[C@@]12CO[C@@H]([C@H](n3ccccc3=O)O1)[C@@H]2NP(=O)(O)OC. The Morgan fingerprint density at radius 1 is 1.52 bits per heavy atom. The lowest BCUT2D eigenvalue weighted by Gasteiger charge is -2.31. The molecule has 0 spiro atoms. The highest BCUT2D eigenvalue weighted by atomic mass is 31.2. The molecule has 128 valence electrons. The van der Waals surface area contributed by atoms with Crippen LogP contribution in [0.3, 0.4) is 0 Å². The summed E-state index contributed by atoms with van der Waals surface area (Å²) in [4.78, 5) is 21.8. The Morgan fingerprint density at radius 3 is 2.96 bits per heavy atom. The molecule has 3 rings (SSSR count). The highest BCUT2D eigenvalue weighted by Crippen LogP contribution is 2.49. The minimum Gasteiger partial charge on any atom is -0.382 e. The molecule has 0 saturated carbocycles. The summed E-state index contributed by atoms with van der Waals surface area (Å²) in [6.45, 7) is 0.327. The Balaban J connectivity index is 1.95. The van der Waals surface area contributed by atoms with E-state index >= 15 is 0 Å². The molecule has 0 radical (unpaired) electrons. The zero-order chi connectivity index (χ0) is 16.7. The third-order valence-electron chi connectivity index (χ3n) is 4.12. The second kappa shape index (κ2) is 6.10. The quantitative estimate of drug-likeness (QED) is 0.686. The molecule has 2 aliphatic heterocycles. The Kier molecular flexibility index (Phi) is 4.45. The van der Waals surface area contributed by atoms with Gasteiger partial charge < -0.3 is 23.6 Å². The summed E-state index contributed by atoms with van der Waals surface area (Å²) >= 11 is 0. The van der Waals surface area contributed by atoms with Crippen molar-refractivity contribution < 1.29 is 28.2 Å². The van der Waals surface area contributed by atoms with Gasteiger partial charge in [0.2, 0.25) is 0 Å². The van der Waals surface area contributed by atoms with E-state index in [0.29, 0.717) is 0 Å². The van der Waals surface area contributed by atoms with Gasteiger partial charge in [-0.05, 0) is 6.07 Å². The van der Waals surface area contributed by atoms with Gasteiger partial charge in [0.1, 0.15) is 11.7 Å². The van der Waals surface area contributed by atoms with Crippen LogP contribution in [0.2, 0.25) is 0 Å². The molecule has 0 amide bonds. The van der Waals surface area contributed by atoms with E-state index < -0.39 is 31.7 Å². The van der Waals surface area contributed by atoms with Crippen molar-refractivity contribution in [3.05, 3.63) is 34.7 Å². The summed E-state index contributed by atoms with van der Waals surface area (Å²) in [7, 11) is -1.37. The molecule has 2 N–H and O–H groups in total. The lowest BCUT2D eigenvalue weighted by atomic mass is 9.98. The van der Waals surface area contributed by atoms with Crippen LogP contribution >= 0.6 is 7.75 Å². The van der Waals surface area contributed by atoms with E-state index in [4.69, 9.17) is 14.2 Å². The number of aromatic nitrogens is 1. The van der Waals surface area contributed by atoms with E-state index in [0.717, 1.165) is 7.11 Å². The molecule has 10 heteroatoms. The summed E-state index contributed by atoms with van der Waals surface area (Å²) in [6, 6.07) is 4.08. The van der Waals surface area contributed by atoms with Gasteiger partial charge >= 0.3 is 7.75 Å². The Morgan fingerprint density at radius 2 is 2.30 bits per heavy atom. The van der Waals surface area contributed by atoms with E-state index in [1.165, 1.54) is 17.7 Å². The molecule has 2 fully saturated rings. The van der Waals surface area contributed by atoms with Crippen molar-refractivity contribution in [1.29, 1.82) is 0 Å². The maximum atomic E-state index is 12.0. The molecule has 1 aromatic heterocycles. The van der Waals surface area contributed by atoms with E-state index in [9.17, 15) is 14.3 Å². The van der Waals surface area contributed by atoms with Crippen molar-refractivity contribution in [1.82, 2.24) is 9.65 Å². The number of rotatable bonds is 6. The van der Waals surface area contributed by atoms with Crippen molar-refractivity contribution in [2.75, 3.05) is 27.4 Å². The van der Waals surface area contributed by atoms with Gasteiger partial charge in [-0.15, -0.1) is 0 Å². The van der Waals surface area contributed by atoms with Crippen LogP contribution in [0.15, 0.2) is 29.2 Å². The van der Waals surface area contributed by atoms with Crippen LogP contribution in [0.1, 0.15) is 6.23 Å². The molecule has 2 bridgehead atoms. The second-order valence-corrected chi connectivity index (χ2v) is 7.20. The van der Waals surface area contributed by atoms with Gasteiger partial charge in [0.15, 0.2) is 6.23 Å². The first-order chi connectivity index (χ1) is 10.9. The van der Waals surface area contributed by atoms with Crippen molar-refractivity contribution in [2.24, 2.45) is 0 Å². The largest absolute Gasteiger partial charge is 0.403 e. The van der Waals surface area contributed by atoms with Crippen LogP contribution in [0.25, 0.3) is 0 Å². The first-order valence-electron chi connectivity index (χ1n) is 7.04. The van der Waals surface area contributed by atoms with Crippen LogP contribution in [-0.4, -0.2) is 54.6 Å². The van der Waals surface area contributed by atoms with Gasteiger partial charge in [0.05, 0.1) is 19.3 Å². The molecule has 23 heavy (non-hydrogen) atoms.